The van der Waals surface area contributed by atoms with Crippen molar-refractivity contribution in [1.82, 2.24) is 9.97 Å². The Bertz CT molecular complexity index is 1900. The molecule has 1 aromatic heterocycles. The Hall–Kier alpha value is -3.61. The molecule has 1 heterocycles. The Morgan fingerprint density at radius 3 is 2.02 bits per heavy atom. The highest BCUT2D eigenvalue weighted by molar-refractivity contribution is 8.45. The second-order valence-corrected chi connectivity index (χ2v) is 15.4. The molecular formula is C27H26F8N4O3S3. The van der Waals surface area contributed by atoms with Gasteiger partial charge in [-0.15, -0.1) is 0 Å². The standard InChI is InChI=1S/C18H14F8N4S2.C9H12O3S/c1-31(27)9-10-4-12(7-13(5-10)32(22,23,24,25)26)29-18-28-8-16(21)17(30-18)14-3-2-11(19)6-15(14)20;1-6-4-7(2)9(8(3)5-6)13(10,11)12/h2-8,27H,9H2,1H3,(H,28,29,30);4-5H,1-3H3,(H,10,11,12). The van der Waals surface area contributed by atoms with Crippen LogP contribution >= 0.6 is 10.2 Å². The summed E-state index contributed by atoms with van der Waals surface area (Å²) in [4.78, 5) is 5.02. The Morgan fingerprint density at radius 1 is 0.911 bits per heavy atom. The molecule has 0 aliphatic carbocycles. The van der Waals surface area contributed by atoms with Crippen LogP contribution in [0.15, 0.2) is 64.5 Å². The van der Waals surface area contributed by atoms with Crippen molar-refractivity contribution in [2.45, 2.75) is 36.3 Å². The summed E-state index contributed by atoms with van der Waals surface area (Å²) in [5.74, 6) is -3.78. The molecule has 0 saturated heterocycles. The molecule has 0 bridgehead atoms. The summed E-state index contributed by atoms with van der Waals surface area (Å²) in [7, 11) is -15.3. The zero-order chi connectivity index (χ0) is 34.2. The summed E-state index contributed by atoms with van der Waals surface area (Å²) >= 11 is 0. The van der Waals surface area contributed by atoms with Crippen LogP contribution in [0.3, 0.4) is 0 Å². The van der Waals surface area contributed by atoms with E-state index >= 15 is 0 Å². The van der Waals surface area contributed by atoms with Crippen LogP contribution in [-0.2, 0) is 26.6 Å². The van der Waals surface area contributed by atoms with Gasteiger partial charge in [-0.3, -0.25) is 0 Å². The molecule has 4 aromatic rings. The highest BCUT2D eigenvalue weighted by atomic mass is 32.5. The summed E-state index contributed by atoms with van der Waals surface area (Å²) in [5, 5.41) is 2.30. The van der Waals surface area contributed by atoms with Crippen LogP contribution in [0.5, 0.6) is 0 Å². The average Bonchev–Trinajstić information content (AvgIpc) is 2.82. The predicted molar refractivity (Wildman–Crippen MR) is 156 cm³/mol. The topological polar surface area (TPSA) is 121 Å². The smallest absolute Gasteiger partial charge is 0.310 e. The van der Waals surface area contributed by atoms with E-state index in [9.17, 15) is 45.6 Å². The van der Waals surface area contributed by atoms with Gasteiger partial charge in [0.2, 0.25) is 5.95 Å². The zero-order valence-corrected chi connectivity index (χ0v) is 26.3. The first-order valence-electron chi connectivity index (χ1n) is 12.4. The number of nitrogens with one attached hydrogen (secondary N) is 1. The van der Waals surface area contributed by atoms with Gasteiger partial charge >= 0.3 is 10.2 Å². The molecule has 0 fully saturated rings. The molecule has 0 radical (unpaired) electrons. The fourth-order valence-electron chi connectivity index (χ4n) is 4.29. The maximum atomic E-state index is 14.1. The third-order valence-electron chi connectivity index (χ3n) is 5.85. The number of aryl methyl sites for hydroxylation is 3. The summed E-state index contributed by atoms with van der Waals surface area (Å²) in [6, 6.07) is 7.25. The van der Waals surface area contributed by atoms with Crippen molar-refractivity contribution in [3.05, 3.63) is 94.4 Å². The van der Waals surface area contributed by atoms with Crippen molar-refractivity contribution in [1.29, 1.82) is 0 Å². The lowest BCUT2D eigenvalue weighted by molar-refractivity contribution is -0.0751. The number of nitrogens with zero attached hydrogens (tertiary/aromatic N) is 2. The van der Waals surface area contributed by atoms with Crippen molar-refractivity contribution in [2.75, 3.05) is 11.6 Å². The van der Waals surface area contributed by atoms with Gasteiger partial charge in [0.15, 0.2) is 5.82 Å². The Morgan fingerprint density at radius 2 is 1.51 bits per heavy atom. The maximum Gasteiger partial charge on any atom is 0.310 e. The number of benzene rings is 3. The first-order valence-corrected chi connectivity index (χ1v) is 17.6. The Balaban J connectivity index is 0.000000355. The van der Waals surface area contributed by atoms with Crippen LogP contribution in [-0.4, -0.2) is 29.2 Å². The largest absolute Gasteiger partial charge is 0.744 e. The van der Waals surface area contributed by atoms with Crippen molar-refractivity contribution < 1.29 is 50.4 Å². The first kappa shape index (κ1) is 35.9. The van der Waals surface area contributed by atoms with Gasteiger partial charge in [-0.2, -0.15) is 0 Å². The molecule has 4 rings (SSSR count). The molecule has 45 heavy (non-hydrogen) atoms. The minimum Gasteiger partial charge on any atom is -0.744 e. The lowest BCUT2D eigenvalue weighted by atomic mass is 10.1. The summed E-state index contributed by atoms with van der Waals surface area (Å²) in [6.45, 7) is 5.12. The highest BCUT2D eigenvalue weighted by Crippen LogP contribution is 3.02. The molecule has 0 aliphatic rings. The van der Waals surface area contributed by atoms with E-state index in [-0.39, 0.29) is 22.3 Å². The SMILES string of the molecule is CS(=[NH2+])Cc1cc(Nc2ncc(F)c(-c3ccc(F)cc3F)n2)cc(S(F)(F)(F)(F)F)c1.Cc1cc(C)c(S(=O)(=O)[O-])c(C)c1. The van der Waals surface area contributed by atoms with E-state index in [1.54, 1.807) is 26.0 Å². The van der Waals surface area contributed by atoms with E-state index in [2.05, 4.69) is 15.3 Å². The number of anilines is 2. The van der Waals surface area contributed by atoms with Crippen LogP contribution in [0, 0.1) is 38.2 Å². The second kappa shape index (κ2) is 12.0. The molecule has 0 saturated carbocycles. The van der Waals surface area contributed by atoms with Gasteiger partial charge in [0.05, 0.1) is 16.8 Å². The molecule has 246 valence electrons. The van der Waals surface area contributed by atoms with Crippen molar-refractivity contribution in [3.63, 3.8) is 0 Å². The molecule has 0 aliphatic heterocycles. The molecule has 7 nitrogen and oxygen atoms in total. The predicted octanol–water partition coefficient (Wildman–Crippen LogP) is 7.17. The van der Waals surface area contributed by atoms with E-state index in [4.69, 9.17) is 4.78 Å². The fourth-order valence-corrected chi connectivity index (χ4v) is 6.61. The normalized spacial score (nSPS) is 14.1. The van der Waals surface area contributed by atoms with E-state index in [0.717, 1.165) is 23.8 Å². The monoisotopic (exact) mass is 702 g/mol. The van der Waals surface area contributed by atoms with Gasteiger partial charge in [0.25, 0.3) is 0 Å². The summed E-state index contributed by atoms with van der Waals surface area (Å²) in [6.07, 6.45) is 2.11. The van der Waals surface area contributed by atoms with Crippen LogP contribution < -0.4 is 10.1 Å². The molecule has 3 aromatic carbocycles. The number of aromatic nitrogens is 2. The van der Waals surface area contributed by atoms with E-state index in [1.165, 1.54) is 6.26 Å². The molecule has 18 heteroatoms. The van der Waals surface area contributed by atoms with Gasteiger partial charge in [-0.1, -0.05) is 37.1 Å². The molecule has 3 N–H and O–H groups in total. The summed E-state index contributed by atoms with van der Waals surface area (Å²) in [5.41, 5.74) is 0.365. The van der Waals surface area contributed by atoms with Gasteiger partial charge < -0.3 is 9.87 Å². The van der Waals surface area contributed by atoms with E-state index in [0.29, 0.717) is 29.5 Å². The number of hydrogen-bond acceptors (Lipinski definition) is 6. The van der Waals surface area contributed by atoms with Crippen molar-refractivity contribution >= 4 is 42.7 Å². The van der Waals surface area contributed by atoms with Crippen LogP contribution in [0.25, 0.3) is 11.3 Å². The molecule has 0 amide bonds. The Kier molecular flexibility index (Phi) is 9.53. The van der Waals surface area contributed by atoms with Crippen LogP contribution in [0.1, 0.15) is 22.3 Å². The third kappa shape index (κ3) is 9.69. The Labute approximate surface area is 256 Å². The van der Waals surface area contributed by atoms with Crippen LogP contribution in [0.2, 0.25) is 0 Å². The van der Waals surface area contributed by atoms with Gasteiger partial charge in [0, 0.05) is 34.3 Å². The lowest BCUT2D eigenvalue weighted by Crippen LogP contribution is -2.34. The molecule has 1 unspecified atom stereocenters. The number of rotatable bonds is 7. The second-order valence-electron chi connectivity index (χ2n) is 9.99. The minimum absolute atomic E-state index is 0.0851. The quantitative estimate of drug-likeness (QED) is 0.156. The number of nitrogens with two attached hydrogens (primary N) is 1. The zero-order valence-electron chi connectivity index (χ0n) is 23.8. The van der Waals surface area contributed by atoms with Crippen molar-refractivity contribution in [2.24, 2.45) is 0 Å². The maximum absolute atomic E-state index is 14.1. The van der Waals surface area contributed by atoms with E-state index < -0.39 is 76.3 Å². The van der Waals surface area contributed by atoms with Crippen molar-refractivity contribution in [3.8, 4) is 11.3 Å². The molecule has 0 spiro atoms. The van der Waals surface area contributed by atoms with Gasteiger partial charge in [-0.25, -0.2) is 36.3 Å². The van der Waals surface area contributed by atoms with Crippen LogP contribution in [0.4, 0.5) is 44.2 Å². The summed E-state index contributed by atoms with van der Waals surface area (Å²) < 4.78 is 146. The molecule has 1 atom stereocenters. The molecular weight excluding hydrogens is 677 g/mol. The lowest BCUT2D eigenvalue weighted by Gasteiger charge is -2.41. The fraction of sp³-hybridized carbons (Fsp3) is 0.185. The highest BCUT2D eigenvalue weighted by Gasteiger charge is 2.65. The third-order valence-corrected chi connectivity index (χ3v) is 8.91. The first-order chi connectivity index (χ1) is 20.3. The number of hydrogen-bond donors (Lipinski definition) is 2. The van der Waals surface area contributed by atoms with E-state index in [1.807, 2.05) is 6.92 Å². The number of halogens is 8. The minimum atomic E-state index is -10.0. The average molecular weight is 703 g/mol. The van der Waals surface area contributed by atoms with Gasteiger partial charge in [0.1, 0.15) is 32.3 Å². The van der Waals surface area contributed by atoms with Gasteiger partial charge in [-0.05, 0) is 67.8 Å².